The van der Waals surface area contributed by atoms with E-state index in [0.29, 0.717) is 18.0 Å². The van der Waals surface area contributed by atoms with Crippen molar-refractivity contribution in [3.8, 4) is 0 Å². The lowest BCUT2D eigenvalue weighted by Gasteiger charge is -2.34. The van der Waals surface area contributed by atoms with E-state index in [0.717, 1.165) is 26.0 Å². The molecule has 1 N–H and O–H groups in total. The fourth-order valence-electron chi connectivity index (χ4n) is 2.83. The standard InChI is InChI=1S/C18H29N3O3S/c1-18(2,19-16(22)15-8-6-12-25-15)17(23)21(10-9-20(3)4)13-14-7-5-11-24-14/h6,8,12,14H,5,7,9-11,13H2,1-4H3,(H,19,22)/t14-/m1/s1. The maximum atomic E-state index is 13.1. The van der Waals surface area contributed by atoms with E-state index in [1.807, 2.05) is 35.3 Å². The number of hydrogen-bond donors (Lipinski definition) is 1. The first-order valence-corrected chi connectivity index (χ1v) is 9.59. The molecule has 0 spiro atoms. The van der Waals surface area contributed by atoms with Crippen molar-refractivity contribution in [1.82, 2.24) is 15.1 Å². The van der Waals surface area contributed by atoms with Crippen molar-refractivity contribution in [2.75, 3.05) is 40.3 Å². The first-order chi connectivity index (χ1) is 11.8. The summed E-state index contributed by atoms with van der Waals surface area (Å²) in [4.78, 5) is 29.9. The second-order valence-electron chi connectivity index (χ2n) is 7.25. The minimum Gasteiger partial charge on any atom is -0.376 e. The van der Waals surface area contributed by atoms with E-state index in [9.17, 15) is 9.59 Å². The number of ether oxygens (including phenoxy) is 1. The van der Waals surface area contributed by atoms with Crippen LogP contribution in [0.2, 0.25) is 0 Å². The Labute approximate surface area is 154 Å². The van der Waals surface area contributed by atoms with Gasteiger partial charge in [0, 0.05) is 26.2 Å². The molecule has 0 aliphatic carbocycles. The van der Waals surface area contributed by atoms with Crippen molar-refractivity contribution < 1.29 is 14.3 Å². The van der Waals surface area contributed by atoms with Crippen LogP contribution >= 0.6 is 11.3 Å². The van der Waals surface area contributed by atoms with Gasteiger partial charge in [-0.1, -0.05) is 6.07 Å². The zero-order chi connectivity index (χ0) is 18.4. The number of nitrogens with one attached hydrogen (secondary N) is 1. The second kappa shape index (κ2) is 8.78. The molecule has 25 heavy (non-hydrogen) atoms. The van der Waals surface area contributed by atoms with Crippen LogP contribution in [0.4, 0.5) is 0 Å². The SMILES string of the molecule is CN(C)CCN(C[C@H]1CCCO1)C(=O)C(C)(C)NC(=O)c1cccs1. The lowest BCUT2D eigenvalue weighted by molar-refractivity contribution is -0.138. The highest BCUT2D eigenvalue weighted by atomic mass is 32.1. The fraction of sp³-hybridized carbons (Fsp3) is 0.667. The first-order valence-electron chi connectivity index (χ1n) is 8.71. The Hall–Kier alpha value is -1.44. The smallest absolute Gasteiger partial charge is 0.262 e. The second-order valence-corrected chi connectivity index (χ2v) is 8.19. The van der Waals surface area contributed by atoms with Crippen LogP contribution in [0.15, 0.2) is 17.5 Å². The van der Waals surface area contributed by atoms with E-state index < -0.39 is 5.54 Å². The number of carbonyl (C=O) groups is 2. The first kappa shape index (κ1) is 19.9. The molecule has 7 heteroatoms. The van der Waals surface area contributed by atoms with Crippen molar-refractivity contribution >= 4 is 23.2 Å². The van der Waals surface area contributed by atoms with Gasteiger partial charge in [-0.2, -0.15) is 0 Å². The minimum atomic E-state index is -0.966. The van der Waals surface area contributed by atoms with Crippen molar-refractivity contribution in [2.24, 2.45) is 0 Å². The Bertz CT molecular complexity index is 566. The summed E-state index contributed by atoms with van der Waals surface area (Å²) in [6.07, 6.45) is 2.11. The molecular formula is C18H29N3O3S. The molecule has 1 atom stereocenters. The molecule has 2 rings (SSSR count). The normalized spacial score (nSPS) is 17.7. The Morgan fingerprint density at radius 3 is 2.68 bits per heavy atom. The molecule has 1 saturated heterocycles. The fourth-order valence-corrected chi connectivity index (χ4v) is 3.45. The average molecular weight is 368 g/mol. The molecule has 1 fully saturated rings. The number of nitrogens with zero attached hydrogens (tertiary/aromatic N) is 2. The summed E-state index contributed by atoms with van der Waals surface area (Å²) in [7, 11) is 3.97. The van der Waals surface area contributed by atoms with E-state index in [1.165, 1.54) is 11.3 Å². The number of carbonyl (C=O) groups excluding carboxylic acids is 2. The van der Waals surface area contributed by atoms with Gasteiger partial charge < -0.3 is 19.9 Å². The van der Waals surface area contributed by atoms with E-state index >= 15 is 0 Å². The number of rotatable bonds is 8. The van der Waals surface area contributed by atoms with Gasteiger partial charge in [-0.25, -0.2) is 0 Å². The molecule has 0 radical (unpaired) electrons. The lowest BCUT2D eigenvalue weighted by Crippen LogP contribution is -2.57. The van der Waals surface area contributed by atoms with Gasteiger partial charge in [0.2, 0.25) is 5.91 Å². The van der Waals surface area contributed by atoms with Gasteiger partial charge in [-0.05, 0) is 52.2 Å². The van der Waals surface area contributed by atoms with E-state index in [2.05, 4.69) is 5.32 Å². The van der Waals surface area contributed by atoms with Crippen molar-refractivity contribution in [2.45, 2.75) is 38.3 Å². The Kier molecular flexibility index (Phi) is 6.98. The predicted molar refractivity (Wildman–Crippen MR) is 100.0 cm³/mol. The molecule has 1 aliphatic rings. The zero-order valence-electron chi connectivity index (χ0n) is 15.6. The van der Waals surface area contributed by atoms with Crippen LogP contribution in [0.25, 0.3) is 0 Å². The molecule has 140 valence electrons. The molecule has 2 heterocycles. The lowest BCUT2D eigenvalue weighted by atomic mass is 10.0. The summed E-state index contributed by atoms with van der Waals surface area (Å²) in [5, 5.41) is 4.73. The Balaban J connectivity index is 2.04. The van der Waals surface area contributed by atoms with Crippen LogP contribution < -0.4 is 5.32 Å². The van der Waals surface area contributed by atoms with Crippen molar-refractivity contribution in [3.63, 3.8) is 0 Å². The van der Waals surface area contributed by atoms with Crippen LogP contribution in [0, 0.1) is 0 Å². The van der Waals surface area contributed by atoms with E-state index in [4.69, 9.17) is 4.74 Å². The van der Waals surface area contributed by atoms with E-state index in [-0.39, 0.29) is 17.9 Å². The topological polar surface area (TPSA) is 61.9 Å². The van der Waals surface area contributed by atoms with Crippen LogP contribution in [0.5, 0.6) is 0 Å². The summed E-state index contributed by atoms with van der Waals surface area (Å²) in [5.74, 6) is -0.284. The highest BCUT2D eigenvalue weighted by Crippen LogP contribution is 2.17. The third-order valence-electron chi connectivity index (χ3n) is 4.26. The van der Waals surface area contributed by atoms with Gasteiger partial charge in [0.1, 0.15) is 5.54 Å². The molecule has 1 aromatic heterocycles. The summed E-state index contributed by atoms with van der Waals surface area (Å²) in [6, 6.07) is 3.59. The molecule has 0 unspecified atom stereocenters. The monoisotopic (exact) mass is 367 g/mol. The molecule has 2 amide bonds. The predicted octanol–water partition coefficient (Wildman–Crippen LogP) is 1.83. The number of amides is 2. The summed E-state index contributed by atoms with van der Waals surface area (Å²) >= 11 is 1.37. The summed E-state index contributed by atoms with van der Waals surface area (Å²) in [6.45, 7) is 6.25. The molecule has 0 aromatic carbocycles. The molecule has 6 nitrogen and oxygen atoms in total. The van der Waals surface area contributed by atoms with Gasteiger partial charge in [0.25, 0.3) is 5.91 Å². The number of likely N-dealkylation sites (N-methyl/N-ethyl adjacent to an activating group) is 1. The Morgan fingerprint density at radius 2 is 2.12 bits per heavy atom. The van der Waals surface area contributed by atoms with Gasteiger partial charge in [0.15, 0.2) is 0 Å². The highest BCUT2D eigenvalue weighted by molar-refractivity contribution is 7.12. The van der Waals surface area contributed by atoms with Crippen LogP contribution in [0.3, 0.4) is 0 Å². The molecule has 0 saturated carbocycles. The third-order valence-corrected chi connectivity index (χ3v) is 5.13. The van der Waals surface area contributed by atoms with Crippen LogP contribution in [-0.2, 0) is 9.53 Å². The molecule has 1 aliphatic heterocycles. The average Bonchev–Trinajstić information content (AvgIpc) is 3.23. The molecular weight excluding hydrogens is 338 g/mol. The van der Waals surface area contributed by atoms with Gasteiger partial charge >= 0.3 is 0 Å². The summed E-state index contributed by atoms with van der Waals surface area (Å²) in [5.41, 5.74) is -0.966. The largest absolute Gasteiger partial charge is 0.376 e. The zero-order valence-corrected chi connectivity index (χ0v) is 16.4. The van der Waals surface area contributed by atoms with Gasteiger partial charge in [-0.3, -0.25) is 9.59 Å². The maximum Gasteiger partial charge on any atom is 0.262 e. The van der Waals surface area contributed by atoms with Crippen molar-refractivity contribution in [1.29, 1.82) is 0 Å². The van der Waals surface area contributed by atoms with Crippen molar-refractivity contribution in [3.05, 3.63) is 22.4 Å². The van der Waals surface area contributed by atoms with E-state index in [1.54, 1.807) is 19.9 Å². The Morgan fingerprint density at radius 1 is 1.36 bits per heavy atom. The van der Waals surface area contributed by atoms with Gasteiger partial charge in [-0.15, -0.1) is 11.3 Å². The highest BCUT2D eigenvalue weighted by Gasteiger charge is 2.35. The van der Waals surface area contributed by atoms with Gasteiger partial charge in [0.05, 0.1) is 11.0 Å². The maximum absolute atomic E-state index is 13.1. The number of hydrogen-bond acceptors (Lipinski definition) is 5. The number of thiophene rings is 1. The quantitative estimate of drug-likeness (QED) is 0.761. The third kappa shape index (κ3) is 5.80. The van der Waals surface area contributed by atoms with Crippen LogP contribution in [0.1, 0.15) is 36.4 Å². The minimum absolute atomic E-state index is 0.0743. The van der Waals surface area contributed by atoms with Crippen LogP contribution in [-0.4, -0.2) is 73.6 Å². The molecule has 1 aromatic rings. The molecule has 0 bridgehead atoms. The summed E-state index contributed by atoms with van der Waals surface area (Å²) < 4.78 is 5.70.